The minimum Gasteiger partial charge on any atom is -0.478 e. The van der Waals surface area contributed by atoms with E-state index in [9.17, 15) is 9.90 Å². The summed E-state index contributed by atoms with van der Waals surface area (Å²) in [6.45, 7) is 2.10. The van der Waals surface area contributed by atoms with Gasteiger partial charge in [-0.3, -0.25) is 4.90 Å². The molecule has 0 aromatic heterocycles. The van der Waals surface area contributed by atoms with Crippen molar-refractivity contribution in [1.82, 2.24) is 4.90 Å². The van der Waals surface area contributed by atoms with E-state index >= 15 is 0 Å². The van der Waals surface area contributed by atoms with Crippen molar-refractivity contribution in [2.75, 3.05) is 24.1 Å². The third-order valence-electron chi connectivity index (χ3n) is 3.92. The van der Waals surface area contributed by atoms with Crippen molar-refractivity contribution in [3.63, 3.8) is 0 Å². The molecule has 5 nitrogen and oxygen atoms in total. The molecule has 3 rings (SSSR count). The third-order valence-corrected chi connectivity index (χ3v) is 3.92. The van der Waals surface area contributed by atoms with Gasteiger partial charge in [0.1, 0.15) is 0 Å². The van der Waals surface area contributed by atoms with Crippen LogP contribution in [0.3, 0.4) is 0 Å². The van der Waals surface area contributed by atoms with E-state index in [0.717, 1.165) is 25.6 Å². The molecule has 2 fully saturated rings. The van der Waals surface area contributed by atoms with Gasteiger partial charge in [0.05, 0.1) is 11.3 Å². The first kappa shape index (κ1) is 12.3. The highest BCUT2D eigenvalue weighted by atomic mass is 16.4. The summed E-state index contributed by atoms with van der Waals surface area (Å²) in [4.78, 5) is 13.7. The fourth-order valence-corrected chi connectivity index (χ4v) is 2.76. The van der Waals surface area contributed by atoms with Crippen LogP contribution in [0.25, 0.3) is 0 Å². The average Bonchev–Trinajstić information content (AvgIpc) is 3.10. The van der Waals surface area contributed by atoms with Crippen LogP contribution >= 0.6 is 0 Å². The van der Waals surface area contributed by atoms with E-state index < -0.39 is 5.97 Å². The number of anilines is 2. The second kappa shape index (κ2) is 4.74. The molecule has 1 aromatic carbocycles. The molecule has 0 amide bonds. The Morgan fingerprint density at radius 2 is 2.16 bits per heavy atom. The van der Waals surface area contributed by atoms with Crippen molar-refractivity contribution >= 4 is 17.3 Å². The van der Waals surface area contributed by atoms with Crippen LogP contribution in [-0.2, 0) is 0 Å². The molecule has 4 N–H and O–H groups in total. The van der Waals surface area contributed by atoms with E-state index in [1.54, 1.807) is 18.2 Å². The molecule has 1 saturated heterocycles. The molecular weight excluding hydrogens is 242 g/mol. The normalized spacial score (nSPS) is 23.5. The zero-order valence-electron chi connectivity index (χ0n) is 10.8. The van der Waals surface area contributed by atoms with Crippen molar-refractivity contribution in [2.24, 2.45) is 0 Å². The van der Waals surface area contributed by atoms with Crippen LogP contribution in [0.5, 0.6) is 0 Å². The number of benzene rings is 1. The maximum absolute atomic E-state index is 11.2. The zero-order valence-corrected chi connectivity index (χ0v) is 10.8. The molecular formula is C14H19N3O2. The van der Waals surface area contributed by atoms with Crippen molar-refractivity contribution in [3.05, 3.63) is 23.8 Å². The summed E-state index contributed by atoms with van der Waals surface area (Å²) < 4.78 is 0. The van der Waals surface area contributed by atoms with Crippen LogP contribution < -0.4 is 11.1 Å². The fourth-order valence-electron chi connectivity index (χ4n) is 2.76. The summed E-state index contributed by atoms with van der Waals surface area (Å²) in [6, 6.07) is 5.99. The monoisotopic (exact) mass is 261 g/mol. The van der Waals surface area contributed by atoms with E-state index in [-0.39, 0.29) is 0 Å². The molecule has 5 heteroatoms. The van der Waals surface area contributed by atoms with Gasteiger partial charge in [0.2, 0.25) is 0 Å². The average molecular weight is 261 g/mol. The Balaban J connectivity index is 1.72. The van der Waals surface area contributed by atoms with Crippen LogP contribution in [0, 0.1) is 0 Å². The Morgan fingerprint density at radius 3 is 2.84 bits per heavy atom. The van der Waals surface area contributed by atoms with Gasteiger partial charge in [-0.25, -0.2) is 4.79 Å². The molecule has 0 bridgehead atoms. The molecule has 102 valence electrons. The van der Waals surface area contributed by atoms with Crippen LogP contribution in [0.2, 0.25) is 0 Å². The topological polar surface area (TPSA) is 78.6 Å². The molecule has 19 heavy (non-hydrogen) atoms. The van der Waals surface area contributed by atoms with Gasteiger partial charge in [-0.15, -0.1) is 0 Å². The van der Waals surface area contributed by atoms with E-state index in [2.05, 4.69) is 10.2 Å². The van der Waals surface area contributed by atoms with Gasteiger partial charge in [-0.1, -0.05) is 0 Å². The van der Waals surface area contributed by atoms with Crippen molar-refractivity contribution < 1.29 is 9.90 Å². The minimum atomic E-state index is -0.917. The van der Waals surface area contributed by atoms with E-state index in [4.69, 9.17) is 5.73 Å². The predicted molar refractivity (Wildman–Crippen MR) is 74.4 cm³/mol. The summed E-state index contributed by atoms with van der Waals surface area (Å²) in [5, 5.41) is 12.5. The fraction of sp³-hybridized carbons (Fsp3) is 0.500. The van der Waals surface area contributed by atoms with Crippen LogP contribution in [0.4, 0.5) is 11.4 Å². The third kappa shape index (κ3) is 2.66. The quantitative estimate of drug-likeness (QED) is 0.718. The van der Waals surface area contributed by atoms with Gasteiger partial charge in [0.15, 0.2) is 0 Å². The number of aromatic carboxylic acids is 1. The minimum absolute atomic E-state index is 0.291. The van der Waals surface area contributed by atoms with Crippen LogP contribution in [-0.4, -0.2) is 41.1 Å². The van der Waals surface area contributed by atoms with Crippen LogP contribution in [0.15, 0.2) is 18.2 Å². The summed E-state index contributed by atoms with van der Waals surface area (Å²) in [7, 11) is 0. The van der Waals surface area contributed by atoms with Gasteiger partial charge in [0.25, 0.3) is 0 Å². The van der Waals surface area contributed by atoms with Crippen LogP contribution in [0.1, 0.15) is 29.6 Å². The van der Waals surface area contributed by atoms with Gasteiger partial charge in [0, 0.05) is 30.9 Å². The molecule has 1 aliphatic carbocycles. The Hall–Kier alpha value is -1.75. The number of carboxylic acid groups (broad SMARTS) is 1. The highest BCUT2D eigenvalue weighted by Gasteiger charge is 2.34. The summed E-state index contributed by atoms with van der Waals surface area (Å²) in [5.74, 6) is -0.917. The van der Waals surface area contributed by atoms with E-state index in [1.807, 2.05) is 0 Å². The number of rotatable bonds is 4. The molecule has 1 saturated carbocycles. The zero-order chi connectivity index (χ0) is 13.4. The number of hydrogen-bond acceptors (Lipinski definition) is 4. The second-order valence-corrected chi connectivity index (χ2v) is 5.47. The summed E-state index contributed by atoms with van der Waals surface area (Å²) in [5.41, 5.74) is 7.26. The number of hydrogen-bond donors (Lipinski definition) is 3. The van der Waals surface area contributed by atoms with E-state index in [1.165, 1.54) is 12.8 Å². The molecule has 2 aliphatic rings. The lowest BCUT2D eigenvalue weighted by Crippen LogP contribution is -2.28. The number of carbonyl (C=O) groups is 1. The molecule has 1 atom stereocenters. The molecule has 1 unspecified atom stereocenters. The highest BCUT2D eigenvalue weighted by Crippen LogP contribution is 2.31. The van der Waals surface area contributed by atoms with Gasteiger partial charge < -0.3 is 16.2 Å². The molecule has 1 aliphatic heterocycles. The SMILES string of the molecule is Nc1ccc(C(=O)O)c(NC2CCN(C3CC3)C2)c1. The van der Waals surface area contributed by atoms with Crippen molar-refractivity contribution in [1.29, 1.82) is 0 Å². The Labute approximate surface area is 112 Å². The van der Waals surface area contributed by atoms with Gasteiger partial charge in [-0.2, -0.15) is 0 Å². The number of carboxylic acids is 1. The summed E-state index contributed by atoms with van der Waals surface area (Å²) in [6.07, 6.45) is 3.68. The number of likely N-dealkylation sites (tertiary alicyclic amines) is 1. The van der Waals surface area contributed by atoms with E-state index in [0.29, 0.717) is 23.0 Å². The van der Waals surface area contributed by atoms with Gasteiger partial charge >= 0.3 is 5.97 Å². The lowest BCUT2D eigenvalue weighted by Gasteiger charge is -2.18. The smallest absolute Gasteiger partial charge is 0.337 e. The molecule has 1 heterocycles. The number of nitrogens with zero attached hydrogens (tertiary/aromatic N) is 1. The maximum atomic E-state index is 11.2. The Kier molecular flexibility index (Phi) is 3.06. The number of nitrogens with two attached hydrogens (primary N) is 1. The molecule has 1 aromatic rings. The molecule has 0 radical (unpaired) electrons. The summed E-state index contributed by atoms with van der Waals surface area (Å²) >= 11 is 0. The van der Waals surface area contributed by atoms with Crippen molar-refractivity contribution in [3.8, 4) is 0 Å². The lowest BCUT2D eigenvalue weighted by molar-refractivity contribution is 0.0698. The maximum Gasteiger partial charge on any atom is 0.337 e. The first-order valence-electron chi connectivity index (χ1n) is 6.77. The second-order valence-electron chi connectivity index (χ2n) is 5.47. The largest absolute Gasteiger partial charge is 0.478 e. The first-order valence-corrected chi connectivity index (χ1v) is 6.77. The standard InChI is InChI=1S/C14H19N3O2/c15-9-1-4-12(14(18)19)13(7-9)16-10-5-6-17(8-10)11-2-3-11/h1,4,7,10-11,16H,2-3,5-6,8,15H2,(H,18,19). The number of nitrogens with one attached hydrogen (secondary N) is 1. The first-order chi connectivity index (χ1) is 9.13. The lowest BCUT2D eigenvalue weighted by atomic mass is 10.1. The highest BCUT2D eigenvalue weighted by molar-refractivity contribution is 5.95. The van der Waals surface area contributed by atoms with Gasteiger partial charge in [-0.05, 0) is 37.5 Å². The predicted octanol–water partition coefficient (Wildman–Crippen LogP) is 1.62. The number of nitrogen functional groups attached to an aromatic ring is 1. The Morgan fingerprint density at radius 1 is 1.37 bits per heavy atom. The molecule has 0 spiro atoms. The Bertz CT molecular complexity index is 499. The van der Waals surface area contributed by atoms with Crippen molar-refractivity contribution in [2.45, 2.75) is 31.3 Å².